The van der Waals surface area contributed by atoms with Crippen LogP contribution in [0.3, 0.4) is 0 Å². The molecular formula is C14H15ClN4O3. The van der Waals surface area contributed by atoms with Crippen molar-refractivity contribution < 1.29 is 14.3 Å². The summed E-state index contributed by atoms with van der Waals surface area (Å²) >= 11 is 6.11. The lowest BCUT2D eigenvalue weighted by Gasteiger charge is -2.10. The van der Waals surface area contributed by atoms with Gasteiger partial charge >= 0.3 is 5.97 Å². The smallest absolute Gasteiger partial charge is 0.308 e. The first-order valence-corrected chi connectivity index (χ1v) is 6.70. The van der Waals surface area contributed by atoms with Crippen LogP contribution in [0.1, 0.15) is 18.2 Å². The maximum Gasteiger partial charge on any atom is 0.308 e. The number of rotatable bonds is 4. The van der Waals surface area contributed by atoms with Crippen molar-refractivity contribution in [3.05, 3.63) is 34.6 Å². The van der Waals surface area contributed by atoms with Gasteiger partial charge in [0.15, 0.2) is 11.5 Å². The van der Waals surface area contributed by atoms with Crippen molar-refractivity contribution in [1.29, 1.82) is 0 Å². The Kier molecular flexibility index (Phi) is 4.67. The molecule has 8 heteroatoms. The Hall–Kier alpha value is -2.54. The van der Waals surface area contributed by atoms with Crippen LogP contribution < -0.4 is 15.2 Å². The van der Waals surface area contributed by atoms with Crippen LogP contribution in [0.4, 0.5) is 5.95 Å². The molecule has 0 bridgehead atoms. The molecule has 0 unspecified atom stereocenters. The highest BCUT2D eigenvalue weighted by Gasteiger charge is 2.13. The second-order valence-corrected chi connectivity index (χ2v) is 4.86. The van der Waals surface area contributed by atoms with Crippen LogP contribution >= 0.6 is 11.6 Å². The van der Waals surface area contributed by atoms with E-state index in [9.17, 15) is 4.79 Å². The largest absolute Gasteiger partial charge is 0.493 e. The van der Waals surface area contributed by atoms with Gasteiger partial charge in [0.1, 0.15) is 0 Å². The number of carbonyl (C=O) groups is 1. The zero-order valence-electron chi connectivity index (χ0n) is 12.3. The molecule has 0 saturated heterocycles. The van der Waals surface area contributed by atoms with Gasteiger partial charge in [-0.25, -0.2) is 9.66 Å². The summed E-state index contributed by atoms with van der Waals surface area (Å²) in [6.07, 6.45) is 3.24. The Morgan fingerprint density at radius 2 is 2.23 bits per heavy atom. The van der Waals surface area contributed by atoms with E-state index in [1.807, 2.05) is 6.92 Å². The number of aryl methyl sites for hydroxylation is 1. The molecule has 0 amide bonds. The van der Waals surface area contributed by atoms with Gasteiger partial charge in [0.25, 0.3) is 0 Å². The standard InChI is InChI=1S/C14H15ClN4O3/c1-8-7-19(14(16)18-8)17-6-10-4-11(15)13(22-9(2)20)12(5-10)21-3/h4-7H,1-3H3,(H2,16,18). The average molecular weight is 323 g/mol. The molecule has 1 aromatic carbocycles. The summed E-state index contributed by atoms with van der Waals surface area (Å²) in [5, 5.41) is 4.43. The first-order valence-electron chi connectivity index (χ1n) is 6.32. The topological polar surface area (TPSA) is 91.7 Å². The van der Waals surface area contributed by atoms with E-state index >= 15 is 0 Å². The third kappa shape index (κ3) is 3.56. The molecule has 0 fully saturated rings. The number of hydrogen-bond donors (Lipinski definition) is 1. The van der Waals surface area contributed by atoms with Crippen LogP contribution in [-0.4, -0.2) is 29.0 Å². The molecule has 0 atom stereocenters. The lowest BCUT2D eigenvalue weighted by molar-refractivity contribution is -0.132. The fraction of sp³-hybridized carbons (Fsp3) is 0.214. The molecule has 1 aromatic heterocycles. The fourth-order valence-electron chi connectivity index (χ4n) is 1.78. The predicted molar refractivity (Wildman–Crippen MR) is 83.7 cm³/mol. The number of aromatic nitrogens is 2. The van der Waals surface area contributed by atoms with Crippen LogP contribution in [0, 0.1) is 6.92 Å². The second kappa shape index (κ2) is 6.48. The lowest BCUT2D eigenvalue weighted by Crippen LogP contribution is -2.04. The van der Waals surface area contributed by atoms with Gasteiger partial charge in [-0.05, 0) is 24.6 Å². The summed E-state index contributed by atoms with van der Waals surface area (Å²) in [5.74, 6) is 0.303. The minimum Gasteiger partial charge on any atom is -0.493 e. The van der Waals surface area contributed by atoms with Crippen molar-refractivity contribution in [2.75, 3.05) is 12.8 Å². The SMILES string of the molecule is COc1cc(C=Nn2cc(C)nc2N)cc(Cl)c1OC(C)=O. The van der Waals surface area contributed by atoms with Gasteiger partial charge in [0.05, 0.1) is 30.2 Å². The van der Waals surface area contributed by atoms with E-state index in [0.29, 0.717) is 11.3 Å². The van der Waals surface area contributed by atoms with Crippen molar-refractivity contribution in [2.24, 2.45) is 5.10 Å². The third-order valence-electron chi connectivity index (χ3n) is 2.66. The molecule has 2 rings (SSSR count). The first kappa shape index (κ1) is 15.8. The van der Waals surface area contributed by atoms with E-state index in [2.05, 4.69) is 10.1 Å². The Bertz CT molecular complexity index is 740. The predicted octanol–water partition coefficient (Wildman–Crippen LogP) is 2.24. The fourth-order valence-corrected chi connectivity index (χ4v) is 2.04. The molecule has 0 aliphatic heterocycles. The van der Waals surface area contributed by atoms with E-state index in [4.69, 9.17) is 26.8 Å². The lowest BCUT2D eigenvalue weighted by atomic mass is 10.2. The maximum absolute atomic E-state index is 11.1. The molecule has 116 valence electrons. The number of carbonyl (C=O) groups excluding carboxylic acids is 1. The van der Waals surface area contributed by atoms with E-state index in [-0.39, 0.29) is 16.7 Å². The Morgan fingerprint density at radius 3 is 2.77 bits per heavy atom. The summed E-state index contributed by atoms with van der Waals surface area (Å²) in [6, 6.07) is 3.25. The number of methoxy groups -OCH3 is 1. The van der Waals surface area contributed by atoms with Crippen molar-refractivity contribution in [3.63, 3.8) is 0 Å². The van der Waals surface area contributed by atoms with E-state index < -0.39 is 5.97 Å². The highest BCUT2D eigenvalue weighted by molar-refractivity contribution is 6.32. The van der Waals surface area contributed by atoms with Crippen molar-refractivity contribution >= 4 is 29.7 Å². The van der Waals surface area contributed by atoms with E-state index in [1.54, 1.807) is 24.5 Å². The van der Waals surface area contributed by atoms with Crippen LogP contribution in [0.5, 0.6) is 11.5 Å². The van der Waals surface area contributed by atoms with Gasteiger partial charge < -0.3 is 15.2 Å². The normalized spacial score (nSPS) is 10.9. The second-order valence-electron chi connectivity index (χ2n) is 4.46. The zero-order chi connectivity index (χ0) is 16.3. The van der Waals surface area contributed by atoms with Gasteiger partial charge in [0, 0.05) is 6.92 Å². The number of esters is 1. The van der Waals surface area contributed by atoms with Crippen LogP contribution in [0.15, 0.2) is 23.4 Å². The van der Waals surface area contributed by atoms with Crippen LogP contribution in [0.25, 0.3) is 0 Å². The van der Waals surface area contributed by atoms with E-state index in [1.165, 1.54) is 18.7 Å². The Balaban J connectivity index is 2.34. The minimum absolute atomic E-state index is 0.173. The summed E-state index contributed by atoms with van der Waals surface area (Å²) < 4.78 is 11.7. The molecular weight excluding hydrogens is 308 g/mol. The minimum atomic E-state index is -0.483. The molecule has 0 radical (unpaired) electrons. The highest BCUT2D eigenvalue weighted by Crippen LogP contribution is 2.36. The van der Waals surface area contributed by atoms with Gasteiger partial charge in [-0.3, -0.25) is 4.79 Å². The molecule has 2 aromatic rings. The monoisotopic (exact) mass is 322 g/mol. The number of nitrogen functional groups attached to an aromatic ring is 1. The quantitative estimate of drug-likeness (QED) is 0.529. The summed E-state index contributed by atoms with van der Waals surface area (Å²) in [5.41, 5.74) is 7.12. The number of benzene rings is 1. The number of imidazole rings is 1. The van der Waals surface area contributed by atoms with Gasteiger partial charge in [-0.15, -0.1) is 0 Å². The Labute approximate surface area is 132 Å². The Morgan fingerprint density at radius 1 is 1.50 bits per heavy atom. The van der Waals surface area contributed by atoms with Crippen LogP contribution in [-0.2, 0) is 4.79 Å². The van der Waals surface area contributed by atoms with Gasteiger partial charge in [0.2, 0.25) is 5.95 Å². The molecule has 0 aliphatic carbocycles. The number of halogens is 1. The maximum atomic E-state index is 11.1. The molecule has 0 saturated carbocycles. The first-order chi connectivity index (χ1) is 10.4. The summed E-state index contributed by atoms with van der Waals surface area (Å²) in [4.78, 5) is 15.1. The molecule has 0 aliphatic rings. The molecule has 0 spiro atoms. The van der Waals surface area contributed by atoms with Gasteiger partial charge in [-0.1, -0.05) is 11.6 Å². The number of anilines is 1. The zero-order valence-corrected chi connectivity index (χ0v) is 13.1. The highest BCUT2D eigenvalue weighted by atomic mass is 35.5. The van der Waals surface area contributed by atoms with Gasteiger partial charge in [-0.2, -0.15) is 5.10 Å². The summed E-state index contributed by atoms with van der Waals surface area (Å²) in [6.45, 7) is 3.10. The van der Waals surface area contributed by atoms with Crippen molar-refractivity contribution in [1.82, 2.24) is 9.66 Å². The molecule has 1 heterocycles. The third-order valence-corrected chi connectivity index (χ3v) is 2.94. The average Bonchev–Trinajstić information content (AvgIpc) is 2.76. The van der Waals surface area contributed by atoms with Crippen molar-refractivity contribution in [2.45, 2.75) is 13.8 Å². The van der Waals surface area contributed by atoms with Crippen molar-refractivity contribution in [3.8, 4) is 11.5 Å². The summed E-state index contributed by atoms with van der Waals surface area (Å²) in [7, 11) is 1.46. The number of hydrogen-bond acceptors (Lipinski definition) is 6. The number of nitrogens with two attached hydrogens (primary N) is 1. The molecule has 22 heavy (non-hydrogen) atoms. The molecule has 7 nitrogen and oxygen atoms in total. The number of nitrogens with zero attached hydrogens (tertiary/aromatic N) is 3. The number of ether oxygens (including phenoxy) is 2. The van der Waals surface area contributed by atoms with Crippen LogP contribution in [0.2, 0.25) is 5.02 Å². The van der Waals surface area contributed by atoms with E-state index in [0.717, 1.165) is 5.69 Å². The molecule has 2 N–H and O–H groups in total.